The molecule has 9 nitrogen and oxygen atoms in total. The lowest BCUT2D eigenvalue weighted by atomic mass is 9.73. The van der Waals surface area contributed by atoms with E-state index in [1.165, 1.54) is 6.42 Å². The number of aliphatic hydroxyl groups is 1. The van der Waals surface area contributed by atoms with Crippen molar-refractivity contribution in [3.63, 3.8) is 0 Å². The minimum absolute atomic E-state index is 0.178. The van der Waals surface area contributed by atoms with Gasteiger partial charge in [-0.1, -0.05) is 12.1 Å². The fraction of sp³-hybridized carbons (Fsp3) is 0.409. The number of hydrogen-bond acceptors (Lipinski definition) is 9. The number of rotatable bonds is 14. The van der Waals surface area contributed by atoms with Crippen molar-refractivity contribution in [2.75, 3.05) is 46.6 Å². The highest BCUT2D eigenvalue weighted by Crippen LogP contribution is 2.42. The summed E-state index contributed by atoms with van der Waals surface area (Å²) in [6.07, 6.45) is 8.14. The smallest absolute Gasteiger partial charge is 0.161 e. The molecule has 5 atom stereocenters. The van der Waals surface area contributed by atoms with E-state index in [4.69, 9.17) is 23.7 Å². The average Bonchev–Trinajstić information content (AvgIpc) is 3.19. The Hall–Kier alpha value is -4.86. The van der Waals surface area contributed by atoms with Crippen LogP contribution < -0.4 is 23.7 Å². The van der Waals surface area contributed by atoms with Crippen molar-refractivity contribution in [3.8, 4) is 28.7 Å². The molecule has 8 rings (SSSR count). The van der Waals surface area contributed by atoms with Crippen molar-refractivity contribution in [2.24, 2.45) is 11.8 Å². The number of piperidine rings is 3. The molecule has 9 heteroatoms. The van der Waals surface area contributed by atoms with Crippen LogP contribution in [0.15, 0.2) is 85.7 Å². The van der Waals surface area contributed by atoms with Crippen molar-refractivity contribution in [3.05, 3.63) is 103 Å². The minimum atomic E-state index is -0.504. The van der Waals surface area contributed by atoms with Crippen LogP contribution >= 0.6 is 0 Å². The van der Waals surface area contributed by atoms with E-state index in [1.54, 1.807) is 13.3 Å². The highest BCUT2D eigenvalue weighted by atomic mass is 16.5. The molecule has 2 bridgehead atoms. The number of pyridine rings is 2. The second-order valence-corrected chi connectivity index (χ2v) is 13.4. The molecule has 3 fully saturated rings. The van der Waals surface area contributed by atoms with Gasteiger partial charge in [-0.2, -0.15) is 0 Å². The summed E-state index contributed by atoms with van der Waals surface area (Å²) in [5.74, 6) is 5.05. The second kappa shape index (κ2) is 17.8. The van der Waals surface area contributed by atoms with Crippen LogP contribution in [0.2, 0.25) is 0 Å². The molecule has 2 aromatic heterocycles. The Bertz CT molecular complexity index is 2000. The zero-order valence-corrected chi connectivity index (χ0v) is 31.7. The molecule has 53 heavy (non-hydrogen) atoms. The third kappa shape index (κ3) is 8.53. The molecule has 0 saturated carbocycles. The van der Waals surface area contributed by atoms with E-state index < -0.39 is 6.10 Å². The molecule has 0 unspecified atom stereocenters. The van der Waals surface area contributed by atoms with E-state index in [2.05, 4.69) is 33.6 Å². The van der Waals surface area contributed by atoms with E-state index in [9.17, 15) is 5.11 Å². The summed E-state index contributed by atoms with van der Waals surface area (Å²) in [6.45, 7) is 16.3. The zero-order chi connectivity index (χ0) is 37.3. The standard InChI is InChI=1S/C24H29NO4.C20H24N2O2/c1-5-26-21-10-9-17(14-22(21)27-6-2)13-20-19-16-24(29-8-4)23(28-7-3)15-18(19)11-12-25-20;1-3-13-12-22-9-7-14(13)10-19(22)20(23)16-6-8-21-18-5-4-15(24-2)11-17(16)18/h9-12,14-16H,5-8,13H2,1-4H3;3-6,8,11,13-14,19-20,23H,1,7,9-10,12H2,2H3/t;13-,14-,19+,20-/m.0/s1. The first-order valence-corrected chi connectivity index (χ1v) is 18.9. The maximum absolute atomic E-state index is 11.2. The Balaban J connectivity index is 0.000000184. The van der Waals surface area contributed by atoms with Crippen LogP contribution in [0.25, 0.3) is 21.7 Å². The summed E-state index contributed by atoms with van der Waals surface area (Å²) in [6, 6.07) is 20.1. The Morgan fingerprint density at radius 2 is 1.51 bits per heavy atom. The molecule has 3 aliphatic heterocycles. The molecule has 0 spiro atoms. The fourth-order valence-corrected chi connectivity index (χ4v) is 7.76. The van der Waals surface area contributed by atoms with Crippen LogP contribution in [0.5, 0.6) is 28.7 Å². The molecule has 5 heterocycles. The summed E-state index contributed by atoms with van der Waals surface area (Å²) >= 11 is 0. The lowest BCUT2D eigenvalue weighted by Crippen LogP contribution is -2.54. The van der Waals surface area contributed by atoms with Gasteiger partial charge in [0.2, 0.25) is 0 Å². The molecule has 3 aliphatic rings. The molecule has 0 aliphatic carbocycles. The molecule has 1 N–H and O–H groups in total. The molecule has 3 aromatic carbocycles. The van der Waals surface area contributed by atoms with Gasteiger partial charge in [-0.3, -0.25) is 14.9 Å². The SMILES string of the molecule is C=C[C@H]1C[N@]2CC[C@H]1C[C@@H]2[C@@H](O)c1ccnc2ccc(OC)cc12.CCOc1ccc(Cc2nccc3cc(OCC)c(OCC)cc23)cc1OCC. The predicted octanol–water partition coefficient (Wildman–Crippen LogP) is 8.59. The summed E-state index contributed by atoms with van der Waals surface area (Å²) in [4.78, 5) is 11.5. The number of ether oxygens (including phenoxy) is 5. The minimum Gasteiger partial charge on any atom is -0.497 e. The van der Waals surface area contributed by atoms with E-state index in [0.29, 0.717) is 44.7 Å². The summed E-state index contributed by atoms with van der Waals surface area (Å²) in [7, 11) is 1.66. The highest BCUT2D eigenvalue weighted by Gasteiger charge is 2.42. The quantitative estimate of drug-likeness (QED) is 0.113. The van der Waals surface area contributed by atoms with Crippen molar-refractivity contribution in [1.29, 1.82) is 0 Å². The Labute approximate surface area is 313 Å². The van der Waals surface area contributed by atoms with Gasteiger partial charge in [0.05, 0.1) is 50.9 Å². The molecular weight excluding hydrogens is 666 g/mol. The van der Waals surface area contributed by atoms with Gasteiger partial charge in [0.15, 0.2) is 23.0 Å². The topological polar surface area (TPSA) is 95.4 Å². The van der Waals surface area contributed by atoms with Crippen LogP contribution in [0.1, 0.15) is 63.5 Å². The number of fused-ring (bicyclic) bond motifs is 5. The van der Waals surface area contributed by atoms with Gasteiger partial charge >= 0.3 is 0 Å². The van der Waals surface area contributed by atoms with Crippen LogP contribution in [0.4, 0.5) is 0 Å². The lowest BCUT2D eigenvalue weighted by Gasteiger charge is -2.50. The Morgan fingerprint density at radius 3 is 2.19 bits per heavy atom. The lowest BCUT2D eigenvalue weighted by molar-refractivity contribution is -0.0444. The number of aromatic nitrogens is 2. The van der Waals surface area contributed by atoms with Gasteiger partial charge in [-0.25, -0.2) is 0 Å². The molecular formula is C44H53N3O6. The largest absolute Gasteiger partial charge is 0.497 e. The molecule has 0 amide bonds. The third-order valence-corrected chi connectivity index (χ3v) is 10.3. The number of nitrogens with zero attached hydrogens (tertiary/aromatic N) is 3. The van der Waals surface area contributed by atoms with E-state index in [-0.39, 0.29) is 6.04 Å². The van der Waals surface area contributed by atoms with E-state index >= 15 is 0 Å². The zero-order valence-electron chi connectivity index (χ0n) is 31.7. The Kier molecular flexibility index (Phi) is 12.7. The molecule has 3 saturated heterocycles. The molecule has 5 aromatic rings. The van der Waals surface area contributed by atoms with Gasteiger partial charge in [-0.15, -0.1) is 6.58 Å². The molecule has 280 valence electrons. The number of benzene rings is 3. The molecule has 0 radical (unpaired) electrons. The fourth-order valence-electron chi connectivity index (χ4n) is 7.76. The second-order valence-electron chi connectivity index (χ2n) is 13.4. The van der Waals surface area contributed by atoms with Crippen LogP contribution in [-0.4, -0.2) is 72.6 Å². The van der Waals surface area contributed by atoms with Crippen molar-refractivity contribution >= 4 is 21.7 Å². The number of methoxy groups -OCH3 is 1. The average molecular weight is 720 g/mol. The Morgan fingerprint density at radius 1 is 0.811 bits per heavy atom. The summed E-state index contributed by atoms with van der Waals surface area (Å²) < 4.78 is 28.4. The highest BCUT2D eigenvalue weighted by molar-refractivity contribution is 5.88. The first-order chi connectivity index (χ1) is 25.9. The first-order valence-electron chi connectivity index (χ1n) is 18.9. The van der Waals surface area contributed by atoms with E-state index in [0.717, 1.165) is 86.8 Å². The monoisotopic (exact) mass is 719 g/mol. The maximum atomic E-state index is 11.2. The maximum Gasteiger partial charge on any atom is 0.161 e. The van der Waals surface area contributed by atoms with Gasteiger partial charge < -0.3 is 28.8 Å². The van der Waals surface area contributed by atoms with Crippen LogP contribution in [-0.2, 0) is 6.42 Å². The summed E-state index contributed by atoms with van der Waals surface area (Å²) in [5.41, 5.74) is 3.95. The predicted molar refractivity (Wildman–Crippen MR) is 211 cm³/mol. The van der Waals surface area contributed by atoms with Crippen molar-refractivity contribution in [2.45, 2.75) is 59.1 Å². The van der Waals surface area contributed by atoms with Gasteiger partial charge in [0, 0.05) is 42.2 Å². The van der Waals surface area contributed by atoms with E-state index in [1.807, 2.05) is 88.5 Å². The van der Waals surface area contributed by atoms with Crippen LogP contribution in [0, 0.1) is 11.8 Å². The number of hydrogen-bond donors (Lipinski definition) is 1. The number of aliphatic hydroxyl groups excluding tert-OH is 1. The third-order valence-electron chi connectivity index (χ3n) is 10.3. The summed E-state index contributed by atoms with van der Waals surface area (Å²) in [5, 5.41) is 14.3. The van der Waals surface area contributed by atoms with Crippen molar-refractivity contribution < 1.29 is 28.8 Å². The van der Waals surface area contributed by atoms with Gasteiger partial charge in [0.25, 0.3) is 0 Å². The van der Waals surface area contributed by atoms with Gasteiger partial charge in [-0.05, 0) is 130 Å². The van der Waals surface area contributed by atoms with Crippen LogP contribution in [0.3, 0.4) is 0 Å². The normalized spacial score (nSPS) is 19.6. The van der Waals surface area contributed by atoms with Gasteiger partial charge in [0.1, 0.15) is 5.75 Å². The first kappa shape index (κ1) is 37.9. The van der Waals surface area contributed by atoms with Crippen molar-refractivity contribution in [1.82, 2.24) is 14.9 Å².